The summed E-state index contributed by atoms with van der Waals surface area (Å²) in [6, 6.07) is 0.330. The van der Waals surface area contributed by atoms with Gasteiger partial charge in [-0.25, -0.2) is 4.79 Å². The molecule has 0 aromatic heterocycles. The number of amides is 2. The quantitative estimate of drug-likeness (QED) is 0.704. The predicted octanol–water partition coefficient (Wildman–Crippen LogP) is 1.18. The lowest BCUT2D eigenvalue weighted by Crippen LogP contribution is -2.60. The molecule has 1 atom stereocenters. The number of fused-ring (bicyclic) bond motifs is 3. The normalized spacial score (nSPS) is 33.6. The maximum Gasteiger partial charge on any atom is 0.315 e. The van der Waals surface area contributed by atoms with Crippen LogP contribution in [0.15, 0.2) is 0 Å². The van der Waals surface area contributed by atoms with Gasteiger partial charge in [0, 0.05) is 18.1 Å². The van der Waals surface area contributed by atoms with E-state index in [0.717, 1.165) is 6.54 Å². The van der Waals surface area contributed by atoms with E-state index in [1.165, 1.54) is 25.9 Å². The highest BCUT2D eigenvalue weighted by Crippen LogP contribution is 2.27. The summed E-state index contributed by atoms with van der Waals surface area (Å²) in [7, 11) is 0. The molecule has 92 valence electrons. The number of carbonyl (C=O) groups is 1. The summed E-state index contributed by atoms with van der Waals surface area (Å²) in [5, 5.41) is 6.07. The van der Waals surface area contributed by atoms with Crippen LogP contribution >= 0.6 is 0 Å². The topological polar surface area (TPSA) is 44.4 Å². The maximum atomic E-state index is 11.8. The van der Waals surface area contributed by atoms with E-state index in [4.69, 9.17) is 0 Å². The summed E-state index contributed by atoms with van der Waals surface area (Å²) in [5.41, 5.74) is -0.155. The molecule has 0 aromatic carbocycles. The molecular formula is C12H23N3O. The zero-order valence-corrected chi connectivity index (χ0v) is 10.5. The minimum atomic E-state index is -0.155. The Bertz CT molecular complexity index is 264. The minimum Gasteiger partial charge on any atom is -0.334 e. The Hall–Kier alpha value is -0.770. The Morgan fingerprint density at radius 1 is 1.25 bits per heavy atom. The molecule has 1 unspecified atom stereocenters. The van der Waals surface area contributed by atoms with Gasteiger partial charge in [-0.2, -0.15) is 0 Å². The number of rotatable bonds is 1. The molecule has 0 aliphatic carbocycles. The van der Waals surface area contributed by atoms with E-state index >= 15 is 0 Å². The molecule has 3 heterocycles. The largest absolute Gasteiger partial charge is 0.334 e. The molecule has 0 spiro atoms. The molecule has 2 amide bonds. The Kier molecular flexibility index (Phi) is 3.10. The summed E-state index contributed by atoms with van der Waals surface area (Å²) < 4.78 is 0. The highest BCUT2D eigenvalue weighted by atomic mass is 16.2. The van der Waals surface area contributed by atoms with E-state index < -0.39 is 0 Å². The molecule has 3 saturated heterocycles. The Balaban J connectivity index is 1.83. The van der Waals surface area contributed by atoms with Crippen LogP contribution in [0.2, 0.25) is 0 Å². The second kappa shape index (κ2) is 4.24. The monoisotopic (exact) mass is 225 g/mol. The van der Waals surface area contributed by atoms with Gasteiger partial charge in [0.15, 0.2) is 0 Å². The van der Waals surface area contributed by atoms with Crippen LogP contribution < -0.4 is 10.6 Å². The SMILES string of the molecule is CC(C)(C)NC(=O)NC1CN2CCC1CC2. The van der Waals surface area contributed by atoms with E-state index in [-0.39, 0.29) is 11.6 Å². The summed E-state index contributed by atoms with van der Waals surface area (Å²) in [5.74, 6) is 0.690. The number of hydrogen-bond acceptors (Lipinski definition) is 2. The molecule has 2 N–H and O–H groups in total. The van der Waals surface area contributed by atoms with Crippen molar-refractivity contribution < 1.29 is 4.79 Å². The molecule has 4 nitrogen and oxygen atoms in total. The van der Waals surface area contributed by atoms with Crippen LogP contribution in [-0.2, 0) is 0 Å². The molecule has 16 heavy (non-hydrogen) atoms. The van der Waals surface area contributed by atoms with Gasteiger partial charge in [0.25, 0.3) is 0 Å². The standard InChI is InChI=1S/C12H23N3O/c1-12(2,3)14-11(16)13-10-8-15-6-4-9(10)5-7-15/h9-10H,4-8H2,1-3H3,(H2,13,14,16). The van der Waals surface area contributed by atoms with Crippen LogP contribution in [0.3, 0.4) is 0 Å². The molecule has 0 saturated carbocycles. The van der Waals surface area contributed by atoms with Gasteiger partial charge in [-0.15, -0.1) is 0 Å². The zero-order chi connectivity index (χ0) is 11.8. The second-order valence-corrected chi connectivity index (χ2v) is 6.09. The molecule has 0 radical (unpaired) electrons. The number of nitrogens with one attached hydrogen (secondary N) is 2. The number of hydrogen-bond donors (Lipinski definition) is 2. The Morgan fingerprint density at radius 3 is 2.31 bits per heavy atom. The number of urea groups is 1. The molecule has 0 aromatic rings. The molecule has 3 aliphatic heterocycles. The fraction of sp³-hybridized carbons (Fsp3) is 0.917. The van der Waals surface area contributed by atoms with Crippen LogP contribution in [0, 0.1) is 5.92 Å². The van der Waals surface area contributed by atoms with Crippen molar-refractivity contribution in [3.63, 3.8) is 0 Å². The first-order chi connectivity index (χ1) is 7.44. The van der Waals surface area contributed by atoms with E-state index in [0.29, 0.717) is 12.0 Å². The fourth-order valence-corrected chi connectivity index (χ4v) is 2.67. The van der Waals surface area contributed by atoms with Crippen LogP contribution in [-0.4, -0.2) is 42.1 Å². The third-order valence-corrected chi connectivity index (χ3v) is 3.46. The third-order valence-electron chi connectivity index (χ3n) is 3.46. The van der Waals surface area contributed by atoms with Gasteiger partial charge in [-0.05, 0) is 52.6 Å². The predicted molar refractivity (Wildman–Crippen MR) is 64.4 cm³/mol. The Morgan fingerprint density at radius 2 is 1.88 bits per heavy atom. The summed E-state index contributed by atoms with van der Waals surface area (Å²) in [6.07, 6.45) is 2.47. The van der Waals surface area contributed by atoms with Gasteiger partial charge in [0.1, 0.15) is 0 Å². The Labute approximate surface area is 97.8 Å². The molecule has 3 rings (SSSR count). The van der Waals surface area contributed by atoms with Gasteiger partial charge in [0.2, 0.25) is 0 Å². The minimum absolute atomic E-state index is 0.0220. The molecule has 2 bridgehead atoms. The lowest BCUT2D eigenvalue weighted by Gasteiger charge is -2.45. The lowest BCUT2D eigenvalue weighted by molar-refractivity contribution is 0.0761. The van der Waals surface area contributed by atoms with E-state index in [1.54, 1.807) is 0 Å². The first kappa shape index (κ1) is 11.7. The average molecular weight is 225 g/mol. The first-order valence-corrected chi connectivity index (χ1v) is 6.25. The second-order valence-electron chi connectivity index (χ2n) is 6.09. The van der Waals surface area contributed by atoms with Crippen LogP contribution in [0.4, 0.5) is 4.79 Å². The summed E-state index contributed by atoms with van der Waals surface area (Å²) >= 11 is 0. The van der Waals surface area contributed by atoms with E-state index in [2.05, 4.69) is 15.5 Å². The van der Waals surface area contributed by atoms with Crippen molar-refractivity contribution in [2.24, 2.45) is 5.92 Å². The number of nitrogens with zero attached hydrogens (tertiary/aromatic N) is 1. The summed E-state index contributed by atoms with van der Waals surface area (Å²) in [4.78, 5) is 14.2. The van der Waals surface area contributed by atoms with Crippen LogP contribution in [0.5, 0.6) is 0 Å². The average Bonchev–Trinajstić information content (AvgIpc) is 2.16. The smallest absolute Gasteiger partial charge is 0.315 e. The van der Waals surface area contributed by atoms with E-state index in [1.807, 2.05) is 20.8 Å². The van der Waals surface area contributed by atoms with Crippen molar-refractivity contribution in [2.75, 3.05) is 19.6 Å². The molecule has 3 aliphatic rings. The van der Waals surface area contributed by atoms with Crippen molar-refractivity contribution in [3.05, 3.63) is 0 Å². The van der Waals surface area contributed by atoms with Gasteiger partial charge in [0.05, 0.1) is 0 Å². The third kappa shape index (κ3) is 2.88. The summed E-state index contributed by atoms with van der Waals surface area (Å²) in [6.45, 7) is 9.46. The van der Waals surface area contributed by atoms with Crippen LogP contribution in [0.1, 0.15) is 33.6 Å². The van der Waals surface area contributed by atoms with Gasteiger partial charge < -0.3 is 15.5 Å². The van der Waals surface area contributed by atoms with Crippen molar-refractivity contribution in [1.82, 2.24) is 15.5 Å². The maximum absolute atomic E-state index is 11.8. The van der Waals surface area contributed by atoms with Gasteiger partial charge in [-0.1, -0.05) is 0 Å². The van der Waals surface area contributed by atoms with Crippen molar-refractivity contribution in [1.29, 1.82) is 0 Å². The van der Waals surface area contributed by atoms with Crippen molar-refractivity contribution in [3.8, 4) is 0 Å². The fourth-order valence-electron chi connectivity index (χ4n) is 2.67. The molecule has 3 fully saturated rings. The highest BCUT2D eigenvalue weighted by Gasteiger charge is 2.35. The number of piperidine rings is 3. The van der Waals surface area contributed by atoms with Gasteiger partial charge >= 0.3 is 6.03 Å². The zero-order valence-electron chi connectivity index (χ0n) is 10.5. The van der Waals surface area contributed by atoms with Crippen LogP contribution in [0.25, 0.3) is 0 Å². The van der Waals surface area contributed by atoms with Crippen molar-refractivity contribution >= 4 is 6.03 Å². The van der Waals surface area contributed by atoms with E-state index in [9.17, 15) is 4.79 Å². The van der Waals surface area contributed by atoms with Crippen molar-refractivity contribution in [2.45, 2.75) is 45.2 Å². The highest BCUT2D eigenvalue weighted by molar-refractivity contribution is 5.75. The lowest BCUT2D eigenvalue weighted by atomic mass is 9.84. The number of carbonyl (C=O) groups excluding carboxylic acids is 1. The molecule has 4 heteroatoms. The first-order valence-electron chi connectivity index (χ1n) is 6.25. The molecular weight excluding hydrogens is 202 g/mol. The van der Waals surface area contributed by atoms with Gasteiger partial charge in [-0.3, -0.25) is 0 Å².